The number of halogens is 2. The lowest BCUT2D eigenvalue weighted by atomic mass is 10.0. The van der Waals surface area contributed by atoms with Crippen LogP contribution in [-0.4, -0.2) is 72.5 Å². The third kappa shape index (κ3) is 8.54. The van der Waals surface area contributed by atoms with Crippen molar-refractivity contribution in [1.29, 1.82) is 0 Å². The third-order valence-corrected chi connectivity index (χ3v) is 5.14. The molecule has 3 rings (SSSR count). The van der Waals surface area contributed by atoms with E-state index in [1.807, 2.05) is 19.9 Å². The van der Waals surface area contributed by atoms with Crippen LogP contribution in [0.1, 0.15) is 31.7 Å². The van der Waals surface area contributed by atoms with Gasteiger partial charge in [-0.1, -0.05) is 0 Å². The Morgan fingerprint density at radius 2 is 2.09 bits per heavy atom. The lowest BCUT2D eigenvalue weighted by Crippen LogP contribution is -2.42. The van der Waals surface area contributed by atoms with Crippen LogP contribution in [0.2, 0.25) is 0 Å². The van der Waals surface area contributed by atoms with Crippen LogP contribution in [0.5, 0.6) is 11.5 Å². The zero-order chi connectivity index (χ0) is 24.2. The summed E-state index contributed by atoms with van der Waals surface area (Å²) in [4.78, 5) is 12.8. The van der Waals surface area contributed by atoms with E-state index in [1.54, 1.807) is 7.11 Å². The molecular weight excluding hydrogens is 434 g/mol. The molecule has 0 radical (unpaired) electrons. The summed E-state index contributed by atoms with van der Waals surface area (Å²) in [5, 5.41) is 22.0. The van der Waals surface area contributed by atoms with Crippen molar-refractivity contribution in [3.8, 4) is 22.8 Å². The fourth-order valence-electron chi connectivity index (χ4n) is 3.53. The lowest BCUT2D eigenvalue weighted by Gasteiger charge is -2.33. The smallest absolute Gasteiger partial charge is 0.387 e. The molecule has 0 amide bonds. The van der Waals surface area contributed by atoms with E-state index in [9.17, 15) is 18.7 Å². The van der Waals surface area contributed by atoms with Crippen LogP contribution in [0.3, 0.4) is 0 Å². The minimum atomic E-state index is -2.96. The number of aldehydes is 1. The second kappa shape index (κ2) is 13.6. The van der Waals surface area contributed by atoms with Crippen molar-refractivity contribution in [3.05, 3.63) is 29.8 Å². The minimum absolute atomic E-state index is 0.124. The molecule has 0 bridgehead atoms. The van der Waals surface area contributed by atoms with Crippen molar-refractivity contribution in [2.75, 3.05) is 38.7 Å². The molecule has 1 aliphatic rings. The summed E-state index contributed by atoms with van der Waals surface area (Å²) < 4.78 is 33.5. The normalized spacial score (nSPS) is 16.1. The number of piperidine rings is 1. The Hall–Kier alpha value is -2.85. The Bertz CT molecular complexity index is 884. The maximum absolute atomic E-state index is 12.3. The molecule has 1 saturated heterocycles. The Balaban J connectivity index is 0.000000890. The number of nitrogens with zero attached hydrogens (tertiary/aromatic N) is 3. The Labute approximate surface area is 192 Å². The highest BCUT2D eigenvalue weighted by Gasteiger charge is 2.20. The van der Waals surface area contributed by atoms with Gasteiger partial charge >= 0.3 is 6.61 Å². The first-order valence-electron chi connectivity index (χ1n) is 10.9. The zero-order valence-corrected chi connectivity index (χ0v) is 19.3. The minimum Gasteiger partial charge on any atom is -0.507 e. The van der Waals surface area contributed by atoms with E-state index in [0.717, 1.165) is 57.0 Å². The monoisotopic (exact) mass is 466 g/mol. The van der Waals surface area contributed by atoms with Gasteiger partial charge in [-0.2, -0.15) is 8.78 Å². The molecule has 1 aliphatic heterocycles. The number of anilines is 1. The van der Waals surface area contributed by atoms with Crippen LogP contribution in [0.15, 0.2) is 24.3 Å². The molecule has 1 fully saturated rings. The van der Waals surface area contributed by atoms with Crippen LogP contribution in [0, 0.1) is 6.92 Å². The number of rotatable bonds is 9. The van der Waals surface area contributed by atoms with E-state index < -0.39 is 6.61 Å². The highest BCUT2D eigenvalue weighted by Crippen LogP contribution is 2.33. The number of hydrogen-bond donors (Lipinski definition) is 2. The molecule has 2 aromatic rings. The molecule has 2 N–H and O–H groups in total. The van der Waals surface area contributed by atoms with Crippen molar-refractivity contribution < 1.29 is 28.2 Å². The van der Waals surface area contributed by atoms with Gasteiger partial charge in [0.1, 0.15) is 23.6 Å². The maximum Gasteiger partial charge on any atom is 0.387 e. The summed E-state index contributed by atoms with van der Waals surface area (Å²) in [7, 11) is 1.68. The number of hydrogen-bond acceptors (Lipinski definition) is 8. The van der Waals surface area contributed by atoms with E-state index in [1.165, 1.54) is 12.1 Å². The Kier molecular flexibility index (Phi) is 10.9. The first kappa shape index (κ1) is 26.4. The van der Waals surface area contributed by atoms with Gasteiger partial charge in [0, 0.05) is 50.9 Å². The second-order valence-corrected chi connectivity index (χ2v) is 7.64. The second-order valence-electron chi connectivity index (χ2n) is 7.64. The quantitative estimate of drug-likeness (QED) is 0.538. The number of aromatic nitrogens is 2. The number of methoxy groups -OCH3 is 1. The zero-order valence-electron chi connectivity index (χ0n) is 19.3. The molecule has 1 aromatic heterocycles. The summed E-state index contributed by atoms with van der Waals surface area (Å²) >= 11 is 0. The topological polar surface area (TPSA) is 96.8 Å². The molecule has 0 saturated carbocycles. The summed E-state index contributed by atoms with van der Waals surface area (Å²) in [6.45, 7) is 4.25. The molecule has 33 heavy (non-hydrogen) atoms. The van der Waals surface area contributed by atoms with Crippen LogP contribution >= 0.6 is 0 Å². The summed E-state index contributed by atoms with van der Waals surface area (Å²) in [6.07, 6.45) is 3.52. The van der Waals surface area contributed by atoms with Gasteiger partial charge in [-0.3, -0.25) is 0 Å². The number of benzene rings is 1. The van der Waals surface area contributed by atoms with Crippen LogP contribution in [-0.2, 0) is 9.53 Å². The Morgan fingerprint density at radius 1 is 1.33 bits per heavy atom. The first-order chi connectivity index (χ1) is 15.9. The molecule has 8 nitrogen and oxygen atoms in total. The van der Waals surface area contributed by atoms with Gasteiger partial charge in [-0.25, -0.2) is 0 Å². The predicted octanol–water partition coefficient (Wildman–Crippen LogP) is 3.88. The Morgan fingerprint density at radius 3 is 2.70 bits per heavy atom. The van der Waals surface area contributed by atoms with E-state index in [0.29, 0.717) is 23.5 Å². The van der Waals surface area contributed by atoms with Gasteiger partial charge in [0.15, 0.2) is 0 Å². The van der Waals surface area contributed by atoms with Gasteiger partial charge in [0.2, 0.25) is 0 Å². The first-order valence-corrected chi connectivity index (χ1v) is 10.9. The number of aryl methyl sites for hydroxylation is 1. The van der Waals surface area contributed by atoms with Crippen molar-refractivity contribution in [2.24, 2.45) is 0 Å². The molecule has 0 spiro atoms. The average molecular weight is 467 g/mol. The summed E-state index contributed by atoms with van der Waals surface area (Å²) in [5.74, 6) is 0.298. The highest BCUT2D eigenvalue weighted by atomic mass is 19.3. The molecule has 182 valence electrons. The van der Waals surface area contributed by atoms with E-state index in [2.05, 4.69) is 29.9 Å². The van der Waals surface area contributed by atoms with Gasteiger partial charge in [0.25, 0.3) is 0 Å². The van der Waals surface area contributed by atoms with Crippen molar-refractivity contribution >= 4 is 12.1 Å². The van der Waals surface area contributed by atoms with Gasteiger partial charge in [-0.15, -0.1) is 10.2 Å². The molecular formula is C23H32F2N4O4. The molecule has 1 atom stereocenters. The molecule has 1 unspecified atom stereocenters. The third-order valence-electron chi connectivity index (χ3n) is 5.14. The standard InChI is InChI=1S/C20H24F2N4O3.C3H8O/c1-13-10-18(23-14-4-2-7-26(12-14)8-3-9-27)24-25-19(13)16-6-5-15(11-17(16)28)29-20(21)22;1-3-4-2/h5-6,9-11,14,20,28H,2-4,7-8,12H2,1H3,(H,23,24);3H2,1-2H3. The molecule has 2 heterocycles. The number of nitrogens with one attached hydrogen (secondary N) is 1. The van der Waals surface area contributed by atoms with Gasteiger partial charge in [0.05, 0.1) is 5.69 Å². The average Bonchev–Trinajstić information content (AvgIpc) is 2.78. The van der Waals surface area contributed by atoms with Gasteiger partial charge < -0.3 is 29.6 Å². The highest BCUT2D eigenvalue weighted by molar-refractivity contribution is 5.71. The predicted molar refractivity (Wildman–Crippen MR) is 122 cm³/mol. The van der Waals surface area contributed by atoms with Crippen molar-refractivity contribution in [3.63, 3.8) is 0 Å². The maximum atomic E-state index is 12.3. The number of ether oxygens (including phenoxy) is 2. The largest absolute Gasteiger partial charge is 0.507 e. The van der Waals surface area contributed by atoms with Crippen LogP contribution in [0.25, 0.3) is 11.3 Å². The van der Waals surface area contributed by atoms with E-state index in [-0.39, 0.29) is 17.5 Å². The van der Waals surface area contributed by atoms with E-state index in [4.69, 9.17) is 0 Å². The number of alkyl halides is 2. The number of carbonyl (C=O) groups excluding carboxylic acids is 1. The fourth-order valence-corrected chi connectivity index (χ4v) is 3.53. The molecule has 0 aliphatic carbocycles. The summed E-state index contributed by atoms with van der Waals surface area (Å²) in [5.41, 5.74) is 1.64. The van der Waals surface area contributed by atoms with E-state index >= 15 is 0 Å². The molecule has 1 aromatic carbocycles. The number of likely N-dealkylation sites (tertiary alicyclic amines) is 1. The van der Waals surface area contributed by atoms with Gasteiger partial charge in [-0.05, 0) is 57.0 Å². The van der Waals surface area contributed by atoms with Crippen LogP contribution in [0.4, 0.5) is 14.6 Å². The van der Waals surface area contributed by atoms with Crippen molar-refractivity contribution in [1.82, 2.24) is 15.1 Å². The lowest BCUT2D eigenvalue weighted by molar-refractivity contribution is -0.108. The number of carbonyl (C=O) groups is 1. The fraction of sp³-hybridized carbons (Fsp3) is 0.522. The number of phenols is 1. The van der Waals surface area contributed by atoms with Crippen LogP contribution < -0.4 is 10.1 Å². The summed E-state index contributed by atoms with van der Waals surface area (Å²) in [6, 6.07) is 6.02. The SMILES string of the molecule is CCOC.Cc1cc(NC2CCCN(CCC=O)C2)nnc1-c1ccc(OC(F)F)cc1O. The number of aromatic hydroxyl groups is 1. The molecule has 10 heteroatoms. The van der Waals surface area contributed by atoms with Crippen molar-refractivity contribution in [2.45, 2.75) is 45.8 Å². The number of phenolic OH excluding ortho intramolecular Hbond substituents is 1.